The standard InChI is InChI=1S/C57H110O6/c1-5-7-9-11-13-15-17-19-20-21-22-25-29-33-37-41-45-49-56(59)62-52-54(51-61-55(58)48-44-40-36-32-28-18-16-14-12-10-8-6-2)63-57(60)50-46-42-38-34-30-26-23-24-27-31-35-39-43-47-53(3)4/h53-54H,5-52H2,1-4H3/t54-/m0/s1. The Kier molecular flexibility index (Phi) is 50.1. The van der Waals surface area contributed by atoms with Gasteiger partial charge in [0.2, 0.25) is 0 Å². The molecule has 0 aromatic rings. The van der Waals surface area contributed by atoms with Crippen LogP contribution < -0.4 is 0 Å². The van der Waals surface area contributed by atoms with E-state index in [1.807, 2.05) is 0 Å². The second kappa shape index (κ2) is 51.4. The van der Waals surface area contributed by atoms with Crippen LogP contribution in [0.2, 0.25) is 0 Å². The van der Waals surface area contributed by atoms with Crippen LogP contribution in [0, 0.1) is 5.92 Å². The molecule has 0 saturated carbocycles. The largest absolute Gasteiger partial charge is 0.462 e. The smallest absolute Gasteiger partial charge is 0.306 e. The first-order valence-electron chi connectivity index (χ1n) is 28.4. The third-order valence-electron chi connectivity index (χ3n) is 13.0. The van der Waals surface area contributed by atoms with Gasteiger partial charge in [-0.15, -0.1) is 0 Å². The van der Waals surface area contributed by atoms with Crippen molar-refractivity contribution in [2.24, 2.45) is 5.92 Å². The van der Waals surface area contributed by atoms with Gasteiger partial charge in [0.15, 0.2) is 6.10 Å². The normalized spacial score (nSPS) is 12.0. The van der Waals surface area contributed by atoms with Crippen molar-refractivity contribution in [2.75, 3.05) is 13.2 Å². The fourth-order valence-corrected chi connectivity index (χ4v) is 8.75. The quantitative estimate of drug-likeness (QED) is 0.0344. The van der Waals surface area contributed by atoms with E-state index in [1.165, 1.54) is 218 Å². The molecule has 0 aliphatic rings. The lowest BCUT2D eigenvalue weighted by atomic mass is 10.0. The van der Waals surface area contributed by atoms with Crippen molar-refractivity contribution >= 4 is 17.9 Å². The number of rotatable bonds is 52. The lowest BCUT2D eigenvalue weighted by Gasteiger charge is -2.18. The van der Waals surface area contributed by atoms with E-state index < -0.39 is 6.10 Å². The second-order valence-corrected chi connectivity index (χ2v) is 20.1. The molecule has 0 aromatic carbocycles. The summed E-state index contributed by atoms with van der Waals surface area (Å²) in [5.74, 6) is 0.00117. The molecule has 0 heterocycles. The zero-order chi connectivity index (χ0) is 45.9. The van der Waals surface area contributed by atoms with Crippen LogP contribution in [0.25, 0.3) is 0 Å². The molecule has 0 amide bonds. The van der Waals surface area contributed by atoms with Gasteiger partial charge in [-0.3, -0.25) is 14.4 Å². The highest BCUT2D eigenvalue weighted by Gasteiger charge is 2.19. The van der Waals surface area contributed by atoms with Gasteiger partial charge in [-0.1, -0.05) is 285 Å². The SMILES string of the molecule is CCCCCCCCCCCCCCCCCCCC(=O)OC[C@H](COC(=O)CCCCCCCCCCCCCC)OC(=O)CCCCCCCCCCCCCCCC(C)C. The molecule has 374 valence electrons. The Morgan fingerprint density at radius 3 is 0.778 bits per heavy atom. The van der Waals surface area contributed by atoms with Gasteiger partial charge in [-0.05, 0) is 25.2 Å². The van der Waals surface area contributed by atoms with E-state index in [0.717, 1.165) is 63.7 Å². The zero-order valence-corrected chi connectivity index (χ0v) is 43.0. The van der Waals surface area contributed by atoms with Gasteiger partial charge in [0.05, 0.1) is 0 Å². The molecular weight excluding hydrogens is 781 g/mol. The molecule has 0 bridgehead atoms. The van der Waals surface area contributed by atoms with Gasteiger partial charge in [0, 0.05) is 19.3 Å². The van der Waals surface area contributed by atoms with E-state index in [-0.39, 0.29) is 31.1 Å². The van der Waals surface area contributed by atoms with E-state index in [9.17, 15) is 14.4 Å². The summed E-state index contributed by atoms with van der Waals surface area (Å²) in [6.07, 6.45) is 55.2. The van der Waals surface area contributed by atoms with Gasteiger partial charge in [0.1, 0.15) is 13.2 Å². The summed E-state index contributed by atoms with van der Waals surface area (Å²) in [5.41, 5.74) is 0. The monoisotopic (exact) mass is 891 g/mol. The molecule has 0 fully saturated rings. The number of carbonyl (C=O) groups is 3. The third kappa shape index (κ3) is 51.3. The average Bonchev–Trinajstić information content (AvgIpc) is 3.27. The molecule has 0 rings (SSSR count). The van der Waals surface area contributed by atoms with Gasteiger partial charge in [-0.2, -0.15) is 0 Å². The minimum absolute atomic E-state index is 0.0620. The summed E-state index contributed by atoms with van der Waals surface area (Å²) in [4.78, 5) is 38.1. The summed E-state index contributed by atoms with van der Waals surface area (Å²) in [6, 6.07) is 0. The number of carbonyl (C=O) groups excluding carboxylic acids is 3. The van der Waals surface area contributed by atoms with Gasteiger partial charge >= 0.3 is 17.9 Å². The lowest BCUT2D eigenvalue weighted by Crippen LogP contribution is -2.30. The Hall–Kier alpha value is -1.59. The van der Waals surface area contributed by atoms with Crippen molar-refractivity contribution in [3.05, 3.63) is 0 Å². The topological polar surface area (TPSA) is 78.9 Å². The number of unbranched alkanes of at least 4 members (excludes halogenated alkanes) is 39. The van der Waals surface area contributed by atoms with Crippen LogP contribution in [0.5, 0.6) is 0 Å². The predicted octanol–water partition coefficient (Wildman–Crippen LogP) is 18.6. The van der Waals surface area contributed by atoms with Crippen LogP contribution in [0.3, 0.4) is 0 Å². The van der Waals surface area contributed by atoms with Crippen molar-refractivity contribution < 1.29 is 28.6 Å². The minimum Gasteiger partial charge on any atom is -0.462 e. The zero-order valence-electron chi connectivity index (χ0n) is 43.0. The van der Waals surface area contributed by atoms with Crippen molar-refractivity contribution in [3.8, 4) is 0 Å². The van der Waals surface area contributed by atoms with E-state index in [1.54, 1.807) is 0 Å². The summed E-state index contributed by atoms with van der Waals surface area (Å²) >= 11 is 0. The number of ether oxygens (including phenoxy) is 3. The summed E-state index contributed by atoms with van der Waals surface area (Å²) in [5, 5.41) is 0. The van der Waals surface area contributed by atoms with E-state index in [2.05, 4.69) is 27.7 Å². The fraction of sp³-hybridized carbons (Fsp3) is 0.947. The second-order valence-electron chi connectivity index (χ2n) is 20.1. The fourth-order valence-electron chi connectivity index (χ4n) is 8.75. The first-order chi connectivity index (χ1) is 30.9. The Bertz CT molecular complexity index is 949. The van der Waals surface area contributed by atoms with Crippen LogP contribution in [0.1, 0.15) is 323 Å². The Balaban J connectivity index is 4.28. The van der Waals surface area contributed by atoms with Crippen LogP contribution in [0.4, 0.5) is 0 Å². The molecule has 0 spiro atoms. The maximum atomic E-state index is 12.8. The molecule has 1 atom stereocenters. The van der Waals surface area contributed by atoms with E-state index >= 15 is 0 Å². The Morgan fingerprint density at radius 1 is 0.302 bits per heavy atom. The first kappa shape index (κ1) is 61.4. The van der Waals surface area contributed by atoms with Crippen LogP contribution in [0.15, 0.2) is 0 Å². The van der Waals surface area contributed by atoms with Crippen molar-refractivity contribution in [1.29, 1.82) is 0 Å². The highest BCUT2D eigenvalue weighted by Crippen LogP contribution is 2.18. The molecule has 0 aliphatic heterocycles. The average molecular weight is 892 g/mol. The molecule has 0 unspecified atom stereocenters. The van der Waals surface area contributed by atoms with E-state index in [4.69, 9.17) is 14.2 Å². The van der Waals surface area contributed by atoms with Crippen LogP contribution in [-0.2, 0) is 28.6 Å². The summed E-state index contributed by atoms with van der Waals surface area (Å²) in [6.45, 7) is 9.05. The van der Waals surface area contributed by atoms with Crippen molar-refractivity contribution in [3.63, 3.8) is 0 Å². The summed E-state index contributed by atoms with van der Waals surface area (Å²) in [7, 11) is 0. The number of esters is 3. The molecule has 0 saturated heterocycles. The van der Waals surface area contributed by atoms with E-state index in [0.29, 0.717) is 19.3 Å². The number of hydrogen-bond acceptors (Lipinski definition) is 6. The molecule has 0 radical (unpaired) electrons. The molecule has 6 heteroatoms. The molecule has 0 aliphatic carbocycles. The predicted molar refractivity (Wildman–Crippen MR) is 270 cm³/mol. The van der Waals surface area contributed by atoms with Crippen molar-refractivity contribution in [2.45, 2.75) is 329 Å². The van der Waals surface area contributed by atoms with Gasteiger partial charge < -0.3 is 14.2 Å². The molecule has 63 heavy (non-hydrogen) atoms. The maximum Gasteiger partial charge on any atom is 0.306 e. The molecule has 0 aromatic heterocycles. The minimum atomic E-state index is -0.761. The highest BCUT2D eigenvalue weighted by molar-refractivity contribution is 5.71. The lowest BCUT2D eigenvalue weighted by molar-refractivity contribution is -0.167. The Morgan fingerprint density at radius 2 is 0.524 bits per heavy atom. The highest BCUT2D eigenvalue weighted by atomic mass is 16.6. The number of hydrogen-bond donors (Lipinski definition) is 0. The molecule has 0 N–H and O–H groups in total. The molecule has 6 nitrogen and oxygen atoms in total. The third-order valence-corrected chi connectivity index (χ3v) is 13.0. The van der Waals surface area contributed by atoms with Crippen molar-refractivity contribution in [1.82, 2.24) is 0 Å². The van der Waals surface area contributed by atoms with Crippen LogP contribution >= 0.6 is 0 Å². The summed E-state index contributed by atoms with van der Waals surface area (Å²) < 4.78 is 16.9. The maximum absolute atomic E-state index is 12.8. The molecular formula is C57H110O6. The Labute approximate surface area is 393 Å². The van der Waals surface area contributed by atoms with Gasteiger partial charge in [-0.25, -0.2) is 0 Å². The first-order valence-corrected chi connectivity index (χ1v) is 28.4. The van der Waals surface area contributed by atoms with Gasteiger partial charge in [0.25, 0.3) is 0 Å². The van der Waals surface area contributed by atoms with Crippen LogP contribution in [-0.4, -0.2) is 37.2 Å².